The predicted octanol–water partition coefficient (Wildman–Crippen LogP) is 5.39. The van der Waals surface area contributed by atoms with E-state index in [0.29, 0.717) is 5.92 Å². The number of fused-ring (bicyclic) bond motifs is 1. The molecule has 0 bridgehead atoms. The molecule has 0 spiro atoms. The monoisotopic (exact) mass is 321 g/mol. The summed E-state index contributed by atoms with van der Waals surface area (Å²) in [5, 5.41) is 9.00. The lowest BCUT2D eigenvalue weighted by Crippen LogP contribution is -2.15. The molecule has 0 N–H and O–H groups in total. The molecule has 1 aliphatic carbocycles. The first kappa shape index (κ1) is 16.7. The first-order valence-electron chi connectivity index (χ1n) is 8.98. The van der Waals surface area contributed by atoms with Crippen molar-refractivity contribution in [2.24, 2.45) is 5.92 Å². The second kappa shape index (κ2) is 7.62. The average Bonchev–Trinajstić information content (AvgIpc) is 2.60. The molecule has 0 amide bonds. The molecule has 2 aromatic rings. The van der Waals surface area contributed by atoms with Crippen LogP contribution in [0.3, 0.4) is 0 Å². The zero-order valence-electron chi connectivity index (χ0n) is 14.3. The lowest BCUT2D eigenvalue weighted by atomic mass is 9.80. The topological polar surface area (TPSA) is 23.8 Å². The fourth-order valence-corrected chi connectivity index (χ4v) is 3.74. The van der Waals surface area contributed by atoms with Crippen LogP contribution in [0, 0.1) is 23.1 Å². The van der Waals surface area contributed by atoms with Crippen LogP contribution in [0.4, 0.5) is 4.39 Å². The molecule has 2 aromatic carbocycles. The molecule has 0 radical (unpaired) electrons. The molecular weight excluding hydrogens is 297 g/mol. The van der Waals surface area contributed by atoms with Gasteiger partial charge in [-0.05, 0) is 84.9 Å². The maximum atomic E-state index is 14.2. The quantitative estimate of drug-likeness (QED) is 0.724. The predicted molar refractivity (Wildman–Crippen MR) is 95.4 cm³/mol. The van der Waals surface area contributed by atoms with Crippen LogP contribution in [0.15, 0.2) is 36.4 Å². The van der Waals surface area contributed by atoms with Gasteiger partial charge in [-0.15, -0.1) is 0 Å². The highest BCUT2D eigenvalue weighted by Crippen LogP contribution is 2.29. The van der Waals surface area contributed by atoms with Crippen LogP contribution in [-0.4, -0.2) is 0 Å². The Kier molecular flexibility index (Phi) is 5.30. The Bertz CT molecular complexity index is 757. The van der Waals surface area contributed by atoms with Gasteiger partial charge in [0, 0.05) is 0 Å². The number of nitrogens with zero attached hydrogens (tertiary/aromatic N) is 1. The molecular formula is C22H24FN. The van der Waals surface area contributed by atoms with Crippen molar-refractivity contribution in [2.45, 2.75) is 51.9 Å². The summed E-state index contributed by atoms with van der Waals surface area (Å²) in [6.45, 7) is 2.12. The summed E-state index contributed by atoms with van der Waals surface area (Å²) in [6, 6.07) is 14.0. The SMILES string of the molecule is CCCc1ccc(CCC2CCc3cc(C#N)ccc3C2)c(F)c1. The first-order chi connectivity index (χ1) is 11.7. The van der Waals surface area contributed by atoms with Crippen molar-refractivity contribution in [3.05, 3.63) is 70.0 Å². The highest BCUT2D eigenvalue weighted by Gasteiger charge is 2.19. The van der Waals surface area contributed by atoms with E-state index in [9.17, 15) is 4.39 Å². The summed E-state index contributed by atoms with van der Waals surface area (Å²) in [6.07, 6.45) is 7.06. The Hall–Kier alpha value is -2.14. The molecule has 0 saturated heterocycles. The Labute approximate surface area is 144 Å². The molecule has 0 saturated carbocycles. The van der Waals surface area contributed by atoms with Crippen LogP contribution in [0.1, 0.15) is 54.0 Å². The van der Waals surface area contributed by atoms with Gasteiger partial charge < -0.3 is 0 Å². The van der Waals surface area contributed by atoms with Crippen LogP contribution >= 0.6 is 0 Å². The molecule has 24 heavy (non-hydrogen) atoms. The van der Waals surface area contributed by atoms with Gasteiger partial charge in [0.1, 0.15) is 5.82 Å². The van der Waals surface area contributed by atoms with Crippen LogP contribution in [0.25, 0.3) is 0 Å². The Morgan fingerprint density at radius 2 is 2.00 bits per heavy atom. The van der Waals surface area contributed by atoms with E-state index in [-0.39, 0.29) is 5.82 Å². The van der Waals surface area contributed by atoms with Crippen LogP contribution < -0.4 is 0 Å². The number of hydrogen-bond acceptors (Lipinski definition) is 1. The standard InChI is InChI=1S/C22H24FN/c1-2-3-16-4-8-19(22(23)14-16)9-5-17-6-10-21-13-18(15-24)7-11-20(21)12-17/h4,7-8,11,13-14,17H,2-3,5-6,9-10,12H2,1H3. The van der Waals surface area contributed by atoms with Crippen molar-refractivity contribution in [2.75, 3.05) is 0 Å². The second-order valence-corrected chi connectivity index (χ2v) is 6.92. The first-order valence-corrected chi connectivity index (χ1v) is 8.98. The van der Waals surface area contributed by atoms with Gasteiger partial charge in [-0.25, -0.2) is 4.39 Å². The fourth-order valence-electron chi connectivity index (χ4n) is 3.74. The second-order valence-electron chi connectivity index (χ2n) is 6.92. The number of halogens is 1. The molecule has 3 rings (SSSR count). The summed E-state index contributed by atoms with van der Waals surface area (Å²) in [7, 11) is 0. The van der Waals surface area contributed by atoms with Crippen molar-refractivity contribution < 1.29 is 4.39 Å². The third-order valence-electron chi connectivity index (χ3n) is 5.14. The number of benzene rings is 2. The minimum absolute atomic E-state index is 0.0455. The summed E-state index contributed by atoms with van der Waals surface area (Å²) in [5.74, 6) is 0.566. The minimum Gasteiger partial charge on any atom is -0.207 e. The molecule has 0 aliphatic heterocycles. The van der Waals surface area contributed by atoms with E-state index in [0.717, 1.165) is 61.6 Å². The number of nitriles is 1. The zero-order valence-corrected chi connectivity index (χ0v) is 14.3. The summed E-state index contributed by atoms with van der Waals surface area (Å²) >= 11 is 0. The van der Waals surface area contributed by atoms with Crippen molar-refractivity contribution in [1.82, 2.24) is 0 Å². The van der Waals surface area contributed by atoms with E-state index >= 15 is 0 Å². The highest BCUT2D eigenvalue weighted by molar-refractivity contribution is 5.39. The van der Waals surface area contributed by atoms with Crippen molar-refractivity contribution in [3.63, 3.8) is 0 Å². The van der Waals surface area contributed by atoms with Gasteiger partial charge >= 0.3 is 0 Å². The molecule has 1 nitrogen and oxygen atoms in total. The molecule has 1 atom stereocenters. The number of aryl methyl sites for hydroxylation is 3. The third-order valence-corrected chi connectivity index (χ3v) is 5.14. The van der Waals surface area contributed by atoms with Crippen LogP contribution in [0.5, 0.6) is 0 Å². The van der Waals surface area contributed by atoms with Gasteiger partial charge in [-0.3, -0.25) is 0 Å². The third kappa shape index (κ3) is 3.85. The molecule has 1 unspecified atom stereocenters. The van der Waals surface area contributed by atoms with Gasteiger partial charge in [0.25, 0.3) is 0 Å². The lowest BCUT2D eigenvalue weighted by molar-refractivity contribution is 0.424. The van der Waals surface area contributed by atoms with Crippen LogP contribution in [-0.2, 0) is 25.7 Å². The Balaban J connectivity index is 1.61. The van der Waals surface area contributed by atoms with E-state index in [2.05, 4.69) is 25.1 Å². The summed E-state index contributed by atoms with van der Waals surface area (Å²) in [4.78, 5) is 0. The van der Waals surface area contributed by atoms with E-state index in [1.807, 2.05) is 18.2 Å². The maximum absolute atomic E-state index is 14.2. The maximum Gasteiger partial charge on any atom is 0.126 e. The van der Waals surface area contributed by atoms with E-state index in [1.54, 1.807) is 6.07 Å². The van der Waals surface area contributed by atoms with Gasteiger partial charge in [0.2, 0.25) is 0 Å². The van der Waals surface area contributed by atoms with E-state index < -0.39 is 0 Å². The van der Waals surface area contributed by atoms with E-state index in [4.69, 9.17) is 5.26 Å². The Morgan fingerprint density at radius 3 is 2.75 bits per heavy atom. The zero-order chi connectivity index (χ0) is 16.9. The smallest absolute Gasteiger partial charge is 0.126 e. The summed E-state index contributed by atoms with van der Waals surface area (Å²) in [5.41, 5.74) is 5.38. The normalized spacial score (nSPS) is 16.5. The lowest BCUT2D eigenvalue weighted by Gasteiger charge is -2.25. The number of rotatable bonds is 5. The van der Waals surface area contributed by atoms with Gasteiger partial charge in [-0.1, -0.05) is 31.5 Å². The van der Waals surface area contributed by atoms with Crippen molar-refractivity contribution >= 4 is 0 Å². The van der Waals surface area contributed by atoms with E-state index in [1.165, 1.54) is 11.1 Å². The number of hydrogen-bond donors (Lipinski definition) is 0. The van der Waals surface area contributed by atoms with Crippen molar-refractivity contribution in [3.8, 4) is 6.07 Å². The van der Waals surface area contributed by atoms with Gasteiger partial charge in [0.15, 0.2) is 0 Å². The molecule has 1 aliphatic rings. The Morgan fingerprint density at radius 1 is 1.12 bits per heavy atom. The van der Waals surface area contributed by atoms with Crippen molar-refractivity contribution in [1.29, 1.82) is 5.26 Å². The fraction of sp³-hybridized carbons (Fsp3) is 0.409. The molecule has 0 heterocycles. The highest BCUT2D eigenvalue weighted by atomic mass is 19.1. The molecule has 0 fully saturated rings. The molecule has 2 heteroatoms. The van der Waals surface area contributed by atoms with Gasteiger partial charge in [-0.2, -0.15) is 5.26 Å². The van der Waals surface area contributed by atoms with Crippen LogP contribution in [0.2, 0.25) is 0 Å². The largest absolute Gasteiger partial charge is 0.207 e. The van der Waals surface area contributed by atoms with Gasteiger partial charge in [0.05, 0.1) is 11.6 Å². The summed E-state index contributed by atoms with van der Waals surface area (Å²) < 4.78 is 14.2. The molecule has 0 aromatic heterocycles. The molecule has 124 valence electrons. The minimum atomic E-state index is -0.0455. The average molecular weight is 321 g/mol.